The summed E-state index contributed by atoms with van der Waals surface area (Å²) >= 11 is 0. The highest BCUT2D eigenvalue weighted by Gasteiger charge is 2.42. The number of para-hydroxylation sites is 1. The van der Waals surface area contributed by atoms with Crippen LogP contribution in [0.5, 0.6) is 5.75 Å². The van der Waals surface area contributed by atoms with Crippen molar-refractivity contribution in [3.63, 3.8) is 0 Å². The van der Waals surface area contributed by atoms with E-state index in [1.54, 1.807) is 12.0 Å². The molecule has 1 N–H and O–H groups in total. The largest absolute Gasteiger partial charge is 0.497 e. The minimum atomic E-state index is -0.326. The van der Waals surface area contributed by atoms with Gasteiger partial charge in [-0.25, -0.2) is 0 Å². The first-order valence-electron chi connectivity index (χ1n) is 9.74. The Morgan fingerprint density at radius 2 is 1.83 bits per heavy atom. The zero-order valence-electron chi connectivity index (χ0n) is 17.1. The number of benzene rings is 2. The summed E-state index contributed by atoms with van der Waals surface area (Å²) in [6, 6.07) is 15.4. The van der Waals surface area contributed by atoms with Crippen LogP contribution in [0, 0.1) is 0 Å². The van der Waals surface area contributed by atoms with Crippen molar-refractivity contribution >= 4 is 22.7 Å². The van der Waals surface area contributed by atoms with Crippen LogP contribution in [-0.2, 0) is 11.8 Å². The first-order chi connectivity index (χ1) is 13.9. The number of methoxy groups -OCH3 is 1. The van der Waals surface area contributed by atoms with Gasteiger partial charge in [-0.3, -0.25) is 9.59 Å². The Morgan fingerprint density at radius 3 is 2.48 bits per heavy atom. The van der Waals surface area contributed by atoms with Crippen molar-refractivity contribution in [3.05, 3.63) is 65.4 Å². The lowest BCUT2D eigenvalue weighted by molar-refractivity contribution is -0.122. The summed E-state index contributed by atoms with van der Waals surface area (Å²) in [5.74, 6) is 0.461. The third-order valence-electron chi connectivity index (χ3n) is 5.39. The highest BCUT2D eigenvalue weighted by molar-refractivity contribution is 6.07. The molecule has 0 spiro atoms. The van der Waals surface area contributed by atoms with Crippen LogP contribution in [0.25, 0.3) is 10.9 Å². The standard InChI is InChI=1S/C23H25N3O3/c1-14(2)24-19(27)13-26-21(15-9-11-16(29-4)12-10-15)20-17-7-5-6-8-18(17)25(3)22(20)23(26)28/h5-12,14,21H,13H2,1-4H3,(H,24,27). The molecular weight excluding hydrogens is 366 g/mol. The maximum atomic E-state index is 13.4. The van der Waals surface area contributed by atoms with Crippen LogP contribution < -0.4 is 10.1 Å². The number of rotatable bonds is 5. The van der Waals surface area contributed by atoms with Gasteiger partial charge in [-0.1, -0.05) is 30.3 Å². The molecule has 29 heavy (non-hydrogen) atoms. The summed E-state index contributed by atoms with van der Waals surface area (Å²) < 4.78 is 7.22. The predicted molar refractivity (Wildman–Crippen MR) is 112 cm³/mol. The lowest BCUT2D eigenvalue weighted by atomic mass is 9.98. The van der Waals surface area contributed by atoms with Crippen molar-refractivity contribution in [2.45, 2.75) is 25.9 Å². The normalized spacial score (nSPS) is 15.8. The number of nitrogens with one attached hydrogen (secondary N) is 1. The summed E-state index contributed by atoms with van der Waals surface area (Å²) in [5, 5.41) is 3.92. The molecule has 1 aliphatic heterocycles. The highest BCUT2D eigenvalue weighted by atomic mass is 16.5. The number of hydrogen-bond acceptors (Lipinski definition) is 3. The molecular formula is C23H25N3O3. The van der Waals surface area contributed by atoms with E-state index in [-0.39, 0.29) is 30.4 Å². The SMILES string of the molecule is COc1ccc(C2c3c(n(C)c4ccccc34)C(=O)N2CC(=O)NC(C)C)cc1. The van der Waals surface area contributed by atoms with Crippen molar-refractivity contribution in [2.75, 3.05) is 13.7 Å². The van der Waals surface area contributed by atoms with Gasteiger partial charge < -0.3 is 19.5 Å². The van der Waals surface area contributed by atoms with E-state index in [0.29, 0.717) is 5.69 Å². The number of hydrogen-bond donors (Lipinski definition) is 1. The van der Waals surface area contributed by atoms with Gasteiger partial charge in [0.2, 0.25) is 5.91 Å². The van der Waals surface area contributed by atoms with Crippen LogP contribution in [0.2, 0.25) is 0 Å². The topological polar surface area (TPSA) is 63.6 Å². The zero-order chi connectivity index (χ0) is 20.7. The van der Waals surface area contributed by atoms with Crippen molar-refractivity contribution in [2.24, 2.45) is 7.05 Å². The third kappa shape index (κ3) is 3.14. The summed E-state index contributed by atoms with van der Waals surface area (Å²) in [4.78, 5) is 27.6. The van der Waals surface area contributed by atoms with E-state index >= 15 is 0 Å². The fourth-order valence-corrected chi connectivity index (χ4v) is 4.19. The fraction of sp³-hybridized carbons (Fsp3) is 0.304. The van der Waals surface area contributed by atoms with E-state index in [9.17, 15) is 9.59 Å². The van der Waals surface area contributed by atoms with Gasteiger partial charge in [0.15, 0.2) is 0 Å². The molecule has 1 aromatic heterocycles. The van der Waals surface area contributed by atoms with Crippen LogP contribution in [0.1, 0.15) is 41.5 Å². The first-order valence-corrected chi connectivity index (χ1v) is 9.74. The third-order valence-corrected chi connectivity index (χ3v) is 5.39. The fourth-order valence-electron chi connectivity index (χ4n) is 4.19. The molecule has 4 rings (SSSR count). The molecule has 150 valence electrons. The lowest BCUT2D eigenvalue weighted by Crippen LogP contribution is -2.42. The molecule has 0 saturated heterocycles. The number of aryl methyl sites for hydroxylation is 1. The minimum Gasteiger partial charge on any atom is -0.497 e. The van der Waals surface area contributed by atoms with E-state index < -0.39 is 0 Å². The van der Waals surface area contributed by atoms with Crippen molar-refractivity contribution in [1.29, 1.82) is 0 Å². The smallest absolute Gasteiger partial charge is 0.272 e. The number of aromatic nitrogens is 1. The van der Waals surface area contributed by atoms with Crippen LogP contribution in [0.4, 0.5) is 0 Å². The van der Waals surface area contributed by atoms with Gasteiger partial charge in [0, 0.05) is 29.6 Å². The Morgan fingerprint density at radius 1 is 1.14 bits per heavy atom. The molecule has 1 unspecified atom stereocenters. The summed E-state index contributed by atoms with van der Waals surface area (Å²) in [6.07, 6.45) is 0. The number of amides is 2. The van der Waals surface area contributed by atoms with Crippen LogP contribution >= 0.6 is 0 Å². The van der Waals surface area contributed by atoms with E-state index in [1.165, 1.54) is 0 Å². The Balaban J connectivity index is 1.85. The Kier molecular flexibility index (Phi) is 4.78. The quantitative estimate of drug-likeness (QED) is 0.726. The molecule has 2 heterocycles. The number of ether oxygens (including phenoxy) is 1. The van der Waals surface area contributed by atoms with E-state index in [1.807, 2.05) is 74.0 Å². The van der Waals surface area contributed by atoms with Gasteiger partial charge in [-0.05, 0) is 37.6 Å². The molecule has 1 atom stereocenters. The molecule has 0 fully saturated rings. The Hall–Kier alpha value is -3.28. The van der Waals surface area contributed by atoms with Gasteiger partial charge >= 0.3 is 0 Å². The van der Waals surface area contributed by atoms with Gasteiger partial charge in [-0.2, -0.15) is 0 Å². The average Bonchev–Trinajstić information content (AvgIpc) is 3.15. The zero-order valence-corrected chi connectivity index (χ0v) is 17.1. The maximum Gasteiger partial charge on any atom is 0.272 e. The Labute approximate surface area is 170 Å². The molecule has 0 aliphatic carbocycles. The second kappa shape index (κ2) is 7.28. The minimum absolute atomic E-state index is 0.0106. The van der Waals surface area contributed by atoms with Crippen LogP contribution in [0.3, 0.4) is 0 Å². The predicted octanol–water partition coefficient (Wildman–Crippen LogP) is 3.26. The van der Waals surface area contributed by atoms with Gasteiger partial charge in [-0.15, -0.1) is 0 Å². The van der Waals surface area contributed by atoms with Crippen LogP contribution in [-0.4, -0.2) is 41.0 Å². The molecule has 2 aromatic carbocycles. The second-order valence-electron chi connectivity index (χ2n) is 7.67. The number of carbonyl (C=O) groups is 2. The van der Waals surface area contributed by atoms with Crippen molar-refractivity contribution in [3.8, 4) is 5.75 Å². The molecule has 6 nitrogen and oxygen atoms in total. The average molecular weight is 391 g/mol. The molecule has 0 saturated carbocycles. The number of fused-ring (bicyclic) bond motifs is 3. The summed E-state index contributed by atoms with van der Waals surface area (Å²) in [7, 11) is 3.53. The summed E-state index contributed by atoms with van der Waals surface area (Å²) in [5.41, 5.74) is 3.56. The molecule has 2 amide bonds. The lowest BCUT2D eigenvalue weighted by Gasteiger charge is -2.26. The molecule has 0 radical (unpaired) electrons. The molecule has 6 heteroatoms. The van der Waals surface area contributed by atoms with Crippen LogP contribution in [0.15, 0.2) is 48.5 Å². The first kappa shape index (κ1) is 19.1. The van der Waals surface area contributed by atoms with Gasteiger partial charge in [0.1, 0.15) is 18.0 Å². The van der Waals surface area contributed by atoms with E-state index in [4.69, 9.17) is 4.74 Å². The molecule has 3 aromatic rings. The second-order valence-corrected chi connectivity index (χ2v) is 7.67. The molecule has 1 aliphatic rings. The highest BCUT2D eigenvalue weighted by Crippen LogP contribution is 2.43. The molecule has 0 bridgehead atoms. The van der Waals surface area contributed by atoms with Gasteiger partial charge in [0.25, 0.3) is 5.91 Å². The van der Waals surface area contributed by atoms with E-state index in [2.05, 4.69) is 5.32 Å². The summed E-state index contributed by atoms with van der Waals surface area (Å²) in [6.45, 7) is 3.83. The maximum absolute atomic E-state index is 13.4. The number of nitrogens with zero attached hydrogens (tertiary/aromatic N) is 2. The number of carbonyl (C=O) groups excluding carboxylic acids is 2. The van der Waals surface area contributed by atoms with Crippen molar-refractivity contribution < 1.29 is 14.3 Å². The van der Waals surface area contributed by atoms with E-state index in [0.717, 1.165) is 27.8 Å². The van der Waals surface area contributed by atoms with Gasteiger partial charge in [0.05, 0.1) is 13.2 Å². The van der Waals surface area contributed by atoms with Crippen molar-refractivity contribution in [1.82, 2.24) is 14.8 Å². The Bertz CT molecular complexity index is 1080. The monoisotopic (exact) mass is 391 g/mol.